The van der Waals surface area contributed by atoms with Crippen LogP contribution in [0.2, 0.25) is 0 Å². The van der Waals surface area contributed by atoms with Crippen LogP contribution >= 0.6 is 56.9 Å². The average molecular weight is 1190 g/mol. The van der Waals surface area contributed by atoms with Crippen LogP contribution in [0.4, 0.5) is 11.4 Å². The molecule has 4 aromatic carbocycles. The third-order valence-electron chi connectivity index (χ3n) is 15.0. The number of anilines is 2. The van der Waals surface area contributed by atoms with Crippen molar-refractivity contribution in [3.8, 4) is 0 Å². The second-order valence-corrected chi connectivity index (χ2v) is 24.2. The molecule has 6 aliphatic rings. The number of thiophene rings is 4. The molecule has 0 spiro atoms. The summed E-state index contributed by atoms with van der Waals surface area (Å²) in [6.07, 6.45) is 4.11. The number of nitrogens with zero attached hydrogens (tertiary/aromatic N) is 2. The van der Waals surface area contributed by atoms with E-state index in [1.165, 1.54) is 34.3 Å². The van der Waals surface area contributed by atoms with Crippen molar-refractivity contribution in [1.82, 2.24) is 4.90 Å². The number of ether oxygens (including phenoxy) is 3. The van der Waals surface area contributed by atoms with E-state index in [1.807, 2.05) is 114 Å². The Bertz CT molecular complexity index is 3250. The van der Waals surface area contributed by atoms with E-state index >= 15 is 0 Å². The molecule has 12 nitrogen and oxygen atoms in total. The largest absolute Gasteiger partial charge is 1.00 e. The fourth-order valence-electron chi connectivity index (χ4n) is 11.0. The van der Waals surface area contributed by atoms with E-state index in [4.69, 9.17) is 21.1 Å². The topological polar surface area (TPSA) is 140 Å². The number of hydrogen-bond acceptors (Lipinski definition) is 15. The lowest BCUT2D eigenvalue weighted by Crippen LogP contribution is -3.00. The molecule has 0 aliphatic carbocycles. The molecule has 0 radical (unpaired) electrons. The van der Waals surface area contributed by atoms with Gasteiger partial charge >= 0.3 is 17.9 Å². The van der Waals surface area contributed by atoms with E-state index in [1.54, 1.807) is 35.7 Å². The Balaban J connectivity index is 0.000000168. The standard InChI is InChI=1S/C29H29N2O3S2.C23H24N2O2S.C6H5ClOS.C4H8O2.ClH/c32-24(27-11-6-16-35-27)17-31-14-12-20(13-15-31)25(18-31)34-29(33)28(30-21-7-2-1-3-8-21)23-19-36-26-10-5-4-9-22(23)26;26-23(27-20-14-25-12-10-16(20)11-13-25)22(24-17-6-2-1-3-7-17)19-15-28-21-9-5-4-8-18(19)21;7-4-5(8)6-2-1-3-9-6;1-3-6-4(2)5;/h1-11,16,19-20,25,28,30H,12-15,17-18H2;1-9,15-16,20,22,24H,10-14H2;1-3H,4H2;3H2,1-2H3;1H/q+1;;;;/p-1/t20?,25-,28-,31?;20-,22-;;;/m00.../s1. The van der Waals surface area contributed by atoms with Gasteiger partial charge in [-0.2, -0.15) is 0 Å². The summed E-state index contributed by atoms with van der Waals surface area (Å²) < 4.78 is 19.9. The number of fused-ring (bicyclic) bond motifs is 8. The van der Waals surface area contributed by atoms with Crippen molar-refractivity contribution in [3.63, 3.8) is 0 Å². The third kappa shape index (κ3) is 15.5. The van der Waals surface area contributed by atoms with Crippen molar-refractivity contribution in [1.29, 1.82) is 0 Å². The number of Topliss-reactive ketones (excluding diaryl/α,β-unsaturated/α-hetero) is 2. The van der Waals surface area contributed by atoms with Gasteiger partial charge in [0.05, 0.1) is 35.3 Å². The summed E-state index contributed by atoms with van der Waals surface area (Å²) in [6, 6.07) is 42.5. The van der Waals surface area contributed by atoms with Gasteiger partial charge in [-0.15, -0.1) is 56.9 Å². The van der Waals surface area contributed by atoms with Crippen molar-refractivity contribution >= 4 is 118 Å². The number of para-hydroxylation sites is 2. The zero-order chi connectivity index (χ0) is 55.1. The van der Waals surface area contributed by atoms with Crippen LogP contribution in [-0.2, 0) is 28.6 Å². The van der Waals surface area contributed by atoms with Gasteiger partial charge in [-0.25, -0.2) is 9.59 Å². The van der Waals surface area contributed by atoms with E-state index in [0.717, 1.165) is 117 Å². The molecule has 0 unspecified atom stereocenters. The quantitative estimate of drug-likeness (QED) is 0.0314. The van der Waals surface area contributed by atoms with Crippen LogP contribution in [0.25, 0.3) is 20.2 Å². The molecule has 4 bridgehead atoms. The lowest BCUT2D eigenvalue weighted by atomic mass is 9.83. The molecule has 2 N–H and O–H groups in total. The highest BCUT2D eigenvalue weighted by molar-refractivity contribution is 7.17. The highest BCUT2D eigenvalue weighted by atomic mass is 35.5. The fraction of sp³-hybridized carbons (Fsp3) is 0.339. The first kappa shape index (κ1) is 60.2. The Morgan fingerprint density at radius 2 is 1.09 bits per heavy atom. The molecule has 6 fully saturated rings. The smallest absolute Gasteiger partial charge is 0.333 e. The first-order valence-electron chi connectivity index (χ1n) is 26.9. The molecule has 10 heterocycles. The maximum absolute atomic E-state index is 13.8. The van der Waals surface area contributed by atoms with Gasteiger partial charge < -0.3 is 41.7 Å². The number of ketones is 2. The first-order chi connectivity index (χ1) is 38.5. The molecule has 8 aromatic rings. The third-order valence-corrected chi connectivity index (χ3v) is 19.0. The zero-order valence-corrected chi connectivity index (χ0v) is 49.5. The summed E-state index contributed by atoms with van der Waals surface area (Å²) in [5.41, 5.74) is 3.75. The first-order valence-corrected chi connectivity index (χ1v) is 30.9. The van der Waals surface area contributed by atoms with Gasteiger partial charge in [0.2, 0.25) is 5.78 Å². The van der Waals surface area contributed by atoms with Gasteiger partial charge in [-0.05, 0) is 120 Å². The number of quaternary nitrogens is 1. The molecule has 0 saturated carbocycles. The number of nitrogens with one attached hydrogen (secondary N) is 2. The van der Waals surface area contributed by atoms with E-state index in [0.29, 0.717) is 25.0 Å². The lowest BCUT2D eigenvalue weighted by Gasteiger charge is -2.51. The predicted molar refractivity (Wildman–Crippen MR) is 321 cm³/mol. The molecular formula is C62H66Cl2N4O8S4. The van der Waals surface area contributed by atoms with E-state index in [9.17, 15) is 24.0 Å². The predicted octanol–water partition coefficient (Wildman–Crippen LogP) is 10.6. The lowest BCUT2D eigenvalue weighted by molar-refractivity contribution is -0.938. The van der Waals surface area contributed by atoms with E-state index in [2.05, 4.69) is 55.3 Å². The van der Waals surface area contributed by atoms with E-state index < -0.39 is 12.1 Å². The Hall–Kier alpha value is -5.95. The zero-order valence-electron chi connectivity index (χ0n) is 44.7. The Morgan fingerprint density at radius 3 is 1.52 bits per heavy atom. The van der Waals surface area contributed by atoms with Crippen molar-refractivity contribution < 1.29 is 55.1 Å². The minimum atomic E-state index is -0.597. The molecule has 4 atom stereocenters. The van der Waals surface area contributed by atoms with Crippen LogP contribution in [0, 0.1) is 11.8 Å². The number of alkyl halides is 1. The van der Waals surface area contributed by atoms with Gasteiger partial charge in [0.15, 0.2) is 24.0 Å². The highest BCUT2D eigenvalue weighted by Gasteiger charge is 2.49. The van der Waals surface area contributed by atoms with Gasteiger partial charge in [-0.1, -0.05) is 84.9 Å². The minimum Gasteiger partial charge on any atom is -1.00 e. The van der Waals surface area contributed by atoms with Crippen molar-refractivity contribution in [2.24, 2.45) is 11.8 Å². The summed E-state index contributed by atoms with van der Waals surface area (Å²) in [6.45, 7) is 9.98. The van der Waals surface area contributed by atoms with Crippen LogP contribution in [0.3, 0.4) is 0 Å². The second-order valence-electron chi connectivity index (χ2n) is 20.2. The minimum absolute atomic E-state index is 0. The van der Waals surface area contributed by atoms with Crippen LogP contribution < -0.4 is 23.0 Å². The second kappa shape index (κ2) is 29.2. The summed E-state index contributed by atoms with van der Waals surface area (Å²) >= 11 is 11.5. The number of halogens is 2. The number of rotatable bonds is 16. The van der Waals surface area contributed by atoms with Crippen LogP contribution in [0.5, 0.6) is 0 Å². The number of piperidine rings is 6. The molecule has 80 heavy (non-hydrogen) atoms. The molecular weight excluding hydrogens is 1130 g/mol. The Morgan fingerprint density at radius 1 is 0.613 bits per heavy atom. The monoisotopic (exact) mass is 1190 g/mol. The SMILES string of the molecule is CCOC(C)=O.O=C(CCl)c1cccs1.O=C(C[N+]12CCC(CC1)[C@@H](OC(=O)[C@@H](Nc1ccccc1)c1csc3ccccc13)C2)c1cccs1.O=C(O[C@H]1CN2CCC1CC2)[C@@H](Nc1ccccc1)c1csc2ccccc12.[Cl-]. The summed E-state index contributed by atoms with van der Waals surface area (Å²) in [5.74, 6) is 0.525. The van der Waals surface area contributed by atoms with Crippen LogP contribution in [-0.4, -0.2) is 109 Å². The van der Waals surface area contributed by atoms with Crippen LogP contribution in [0.15, 0.2) is 155 Å². The number of benzene rings is 4. The average Bonchev–Trinajstić information content (AvgIpc) is 4.41. The summed E-state index contributed by atoms with van der Waals surface area (Å²) in [5, 5.41) is 17.0. The number of esters is 3. The normalized spacial score (nSPS) is 21.1. The van der Waals surface area contributed by atoms with Gasteiger partial charge in [0.1, 0.15) is 19.2 Å². The van der Waals surface area contributed by atoms with Gasteiger partial charge in [-0.3, -0.25) is 19.3 Å². The van der Waals surface area contributed by atoms with Crippen molar-refractivity contribution in [2.75, 3.05) is 68.9 Å². The molecule has 0 amide bonds. The molecule has 420 valence electrons. The van der Waals surface area contributed by atoms with Gasteiger partial charge in [0, 0.05) is 64.1 Å². The van der Waals surface area contributed by atoms with Crippen molar-refractivity contribution in [2.45, 2.75) is 63.8 Å². The maximum atomic E-state index is 13.8. The fourth-order valence-corrected chi connectivity index (χ4v) is 14.5. The molecule has 4 aromatic heterocycles. The molecule has 6 saturated heterocycles. The number of hydrogen-bond donors (Lipinski definition) is 2. The van der Waals surface area contributed by atoms with Crippen molar-refractivity contribution in [3.05, 3.63) is 176 Å². The Kier molecular flexibility index (Phi) is 21.9. The molecule has 6 aliphatic heterocycles. The summed E-state index contributed by atoms with van der Waals surface area (Å²) in [7, 11) is 0. The number of carbonyl (C=O) groups is 5. The highest BCUT2D eigenvalue weighted by Crippen LogP contribution is 2.39. The maximum Gasteiger partial charge on any atom is 0.333 e. The van der Waals surface area contributed by atoms with Crippen LogP contribution in [0.1, 0.15) is 82.1 Å². The van der Waals surface area contributed by atoms with E-state index in [-0.39, 0.29) is 60.0 Å². The molecule has 14 rings (SSSR count). The number of carbonyl (C=O) groups excluding carboxylic acids is 5. The Labute approximate surface area is 495 Å². The molecule has 18 heteroatoms. The van der Waals surface area contributed by atoms with Gasteiger partial charge in [0.25, 0.3) is 0 Å². The summed E-state index contributed by atoms with van der Waals surface area (Å²) in [4.78, 5) is 64.6.